The Balaban J connectivity index is 1.93. The molecule has 1 aliphatic heterocycles. The van der Waals surface area contributed by atoms with Gasteiger partial charge in [-0.05, 0) is 24.1 Å². The molecule has 1 aliphatic rings. The first-order chi connectivity index (χ1) is 8.19. The minimum atomic E-state index is -0.308. The zero-order valence-electron chi connectivity index (χ0n) is 9.60. The van der Waals surface area contributed by atoms with Crippen LogP contribution in [0.3, 0.4) is 0 Å². The zero-order chi connectivity index (χ0) is 12.3. The predicted molar refractivity (Wildman–Crippen MR) is 61.8 cm³/mol. The van der Waals surface area contributed by atoms with Gasteiger partial charge in [0.2, 0.25) is 5.91 Å². The van der Waals surface area contributed by atoms with E-state index in [1.807, 2.05) is 24.3 Å². The lowest BCUT2D eigenvalue weighted by Crippen LogP contribution is -2.30. The lowest BCUT2D eigenvalue weighted by molar-refractivity contribution is -0.118. The summed E-state index contributed by atoms with van der Waals surface area (Å²) in [7, 11) is 1.62. The van der Waals surface area contributed by atoms with E-state index in [4.69, 9.17) is 4.74 Å². The molecule has 0 aliphatic carbocycles. The molecule has 17 heavy (non-hydrogen) atoms. The van der Waals surface area contributed by atoms with E-state index in [0.29, 0.717) is 13.0 Å². The maximum Gasteiger partial charge on any atom is 0.324 e. The van der Waals surface area contributed by atoms with Crippen molar-refractivity contribution in [3.8, 4) is 5.75 Å². The van der Waals surface area contributed by atoms with Crippen LogP contribution < -0.4 is 10.1 Å². The van der Waals surface area contributed by atoms with Gasteiger partial charge in [-0.1, -0.05) is 12.1 Å². The third kappa shape index (κ3) is 2.75. The summed E-state index contributed by atoms with van der Waals surface area (Å²) in [5, 5.41) is 2.25. The average molecular weight is 234 g/mol. The molecule has 1 heterocycles. The van der Waals surface area contributed by atoms with Crippen LogP contribution in [-0.4, -0.2) is 37.0 Å². The average Bonchev–Trinajstić information content (AvgIpc) is 2.65. The molecule has 0 atom stereocenters. The molecule has 1 N–H and O–H groups in total. The molecule has 0 aromatic heterocycles. The van der Waals surface area contributed by atoms with Crippen LogP contribution in [0.4, 0.5) is 4.79 Å². The highest BCUT2D eigenvalue weighted by atomic mass is 16.5. The second-order valence-corrected chi connectivity index (χ2v) is 3.88. The van der Waals surface area contributed by atoms with E-state index in [-0.39, 0.29) is 18.5 Å². The molecular weight excluding hydrogens is 220 g/mol. The highest BCUT2D eigenvalue weighted by Gasteiger charge is 2.25. The van der Waals surface area contributed by atoms with E-state index in [1.54, 1.807) is 7.11 Å². The van der Waals surface area contributed by atoms with Gasteiger partial charge in [0.05, 0.1) is 7.11 Å². The monoisotopic (exact) mass is 234 g/mol. The van der Waals surface area contributed by atoms with Gasteiger partial charge >= 0.3 is 6.03 Å². The van der Waals surface area contributed by atoms with Crippen LogP contribution in [0.2, 0.25) is 0 Å². The number of carbonyl (C=O) groups is 2. The molecule has 5 nitrogen and oxygen atoms in total. The lowest BCUT2D eigenvalue weighted by atomic mass is 10.1. The third-order valence-corrected chi connectivity index (χ3v) is 2.67. The number of urea groups is 1. The quantitative estimate of drug-likeness (QED) is 0.783. The Morgan fingerprint density at radius 3 is 2.88 bits per heavy atom. The van der Waals surface area contributed by atoms with E-state index < -0.39 is 0 Å². The van der Waals surface area contributed by atoms with Crippen LogP contribution in [0.15, 0.2) is 24.3 Å². The fourth-order valence-corrected chi connectivity index (χ4v) is 1.76. The van der Waals surface area contributed by atoms with Gasteiger partial charge in [0, 0.05) is 6.54 Å². The molecule has 5 heteroatoms. The standard InChI is InChI=1S/C12H14N2O3/c1-17-10-4-2-3-9(7-10)5-6-14-8-11(15)13-12(14)16/h2-4,7H,5-6,8H2,1H3,(H,13,15,16). The summed E-state index contributed by atoms with van der Waals surface area (Å²) < 4.78 is 5.12. The van der Waals surface area contributed by atoms with Gasteiger partial charge in [-0.3, -0.25) is 10.1 Å². The molecule has 1 fully saturated rings. The van der Waals surface area contributed by atoms with E-state index in [9.17, 15) is 9.59 Å². The summed E-state index contributed by atoms with van der Waals surface area (Å²) in [6.07, 6.45) is 0.706. The first kappa shape index (κ1) is 11.4. The highest BCUT2D eigenvalue weighted by molar-refractivity contribution is 6.01. The first-order valence-corrected chi connectivity index (χ1v) is 5.41. The number of carbonyl (C=O) groups excluding carboxylic acids is 2. The summed E-state index contributed by atoms with van der Waals surface area (Å²) in [5.41, 5.74) is 1.08. The largest absolute Gasteiger partial charge is 0.497 e. The Labute approximate surface area is 99.4 Å². The summed E-state index contributed by atoms with van der Waals surface area (Å²) in [4.78, 5) is 23.8. The number of nitrogens with zero attached hydrogens (tertiary/aromatic N) is 1. The third-order valence-electron chi connectivity index (χ3n) is 2.67. The highest BCUT2D eigenvalue weighted by Crippen LogP contribution is 2.13. The minimum absolute atomic E-state index is 0.156. The van der Waals surface area contributed by atoms with Crippen molar-refractivity contribution in [1.82, 2.24) is 10.2 Å². The number of nitrogens with one attached hydrogen (secondary N) is 1. The molecule has 1 aromatic carbocycles. The fourth-order valence-electron chi connectivity index (χ4n) is 1.76. The molecule has 0 saturated carbocycles. The summed E-state index contributed by atoms with van der Waals surface area (Å²) >= 11 is 0. The lowest BCUT2D eigenvalue weighted by Gasteiger charge is -2.13. The number of benzene rings is 1. The maximum absolute atomic E-state index is 11.3. The molecule has 90 valence electrons. The van der Waals surface area contributed by atoms with Crippen molar-refractivity contribution in [2.45, 2.75) is 6.42 Å². The van der Waals surface area contributed by atoms with Gasteiger partial charge < -0.3 is 9.64 Å². The van der Waals surface area contributed by atoms with Gasteiger partial charge in [0.25, 0.3) is 0 Å². The second-order valence-electron chi connectivity index (χ2n) is 3.88. The van der Waals surface area contributed by atoms with E-state index in [2.05, 4.69) is 5.32 Å². The van der Waals surface area contributed by atoms with Crippen LogP contribution in [0.5, 0.6) is 5.75 Å². The molecule has 3 amide bonds. The summed E-state index contributed by atoms with van der Waals surface area (Å²) in [6.45, 7) is 0.688. The van der Waals surface area contributed by atoms with E-state index in [0.717, 1.165) is 11.3 Å². The van der Waals surface area contributed by atoms with Crippen molar-refractivity contribution >= 4 is 11.9 Å². The number of rotatable bonds is 4. The summed E-state index contributed by atoms with van der Waals surface area (Å²) in [6, 6.07) is 7.37. The summed E-state index contributed by atoms with van der Waals surface area (Å²) in [5.74, 6) is 0.560. The Hall–Kier alpha value is -2.04. The molecule has 1 aromatic rings. The van der Waals surface area contributed by atoms with E-state index >= 15 is 0 Å². The SMILES string of the molecule is COc1cccc(CCN2CC(=O)NC2=O)c1. The topological polar surface area (TPSA) is 58.6 Å². The van der Waals surface area contributed by atoms with Gasteiger partial charge in [-0.25, -0.2) is 4.79 Å². The number of imide groups is 1. The van der Waals surface area contributed by atoms with Crippen LogP contribution in [-0.2, 0) is 11.2 Å². The number of hydrogen-bond donors (Lipinski definition) is 1. The van der Waals surface area contributed by atoms with Crippen LogP contribution in [0, 0.1) is 0 Å². The van der Waals surface area contributed by atoms with Crippen molar-refractivity contribution in [2.24, 2.45) is 0 Å². The smallest absolute Gasteiger partial charge is 0.324 e. The molecular formula is C12H14N2O3. The maximum atomic E-state index is 11.3. The van der Waals surface area contributed by atoms with Crippen molar-refractivity contribution in [3.05, 3.63) is 29.8 Å². The Kier molecular flexibility index (Phi) is 3.27. The first-order valence-electron chi connectivity index (χ1n) is 5.41. The van der Waals surface area contributed by atoms with Gasteiger partial charge in [-0.2, -0.15) is 0 Å². The van der Waals surface area contributed by atoms with Gasteiger partial charge in [0.1, 0.15) is 12.3 Å². The van der Waals surface area contributed by atoms with Crippen molar-refractivity contribution in [2.75, 3.05) is 20.2 Å². The van der Waals surface area contributed by atoms with Crippen molar-refractivity contribution < 1.29 is 14.3 Å². The van der Waals surface area contributed by atoms with Crippen LogP contribution in [0.1, 0.15) is 5.56 Å². The second kappa shape index (κ2) is 4.86. The molecule has 0 bridgehead atoms. The van der Waals surface area contributed by atoms with Gasteiger partial charge in [-0.15, -0.1) is 0 Å². The molecule has 2 rings (SSSR count). The predicted octanol–water partition coefficient (Wildman–Crippen LogP) is 0.789. The number of ether oxygens (including phenoxy) is 1. The number of methoxy groups -OCH3 is 1. The van der Waals surface area contributed by atoms with Gasteiger partial charge in [0.15, 0.2) is 0 Å². The zero-order valence-corrected chi connectivity index (χ0v) is 9.60. The Bertz CT molecular complexity index is 445. The Morgan fingerprint density at radius 2 is 2.24 bits per heavy atom. The van der Waals surface area contributed by atoms with Crippen LogP contribution in [0.25, 0.3) is 0 Å². The molecule has 0 unspecified atom stereocenters. The number of amides is 3. The van der Waals surface area contributed by atoms with Crippen molar-refractivity contribution in [1.29, 1.82) is 0 Å². The Morgan fingerprint density at radius 1 is 1.41 bits per heavy atom. The molecule has 0 radical (unpaired) electrons. The number of hydrogen-bond acceptors (Lipinski definition) is 3. The fraction of sp³-hybridized carbons (Fsp3) is 0.333. The normalized spacial score (nSPS) is 15.0. The minimum Gasteiger partial charge on any atom is -0.497 e. The molecule has 0 spiro atoms. The molecule has 1 saturated heterocycles. The van der Waals surface area contributed by atoms with Crippen molar-refractivity contribution in [3.63, 3.8) is 0 Å². The van der Waals surface area contributed by atoms with Crippen LogP contribution >= 0.6 is 0 Å². The van der Waals surface area contributed by atoms with E-state index in [1.165, 1.54) is 4.90 Å².